The lowest BCUT2D eigenvalue weighted by Crippen LogP contribution is -2.38. The Bertz CT molecular complexity index is 1360. The van der Waals surface area contributed by atoms with E-state index < -0.39 is 24.9 Å². The summed E-state index contributed by atoms with van der Waals surface area (Å²) >= 11 is 1.50. The molecule has 1 aliphatic heterocycles. The number of allylic oxidation sites excluding steroid dienone is 4. The first-order valence-electron chi connectivity index (χ1n) is 13.8. The minimum atomic E-state index is -4.56. The molecule has 0 saturated carbocycles. The molecule has 230 valence electrons. The van der Waals surface area contributed by atoms with Crippen molar-refractivity contribution in [2.45, 2.75) is 36.9 Å². The molecule has 0 saturated heterocycles. The van der Waals surface area contributed by atoms with E-state index in [1.54, 1.807) is 36.1 Å². The molecular formula is C31H33F3N2O6S. The van der Waals surface area contributed by atoms with E-state index in [9.17, 15) is 22.8 Å². The Balaban J connectivity index is 1.36. The summed E-state index contributed by atoms with van der Waals surface area (Å²) < 4.78 is 53.5. The summed E-state index contributed by atoms with van der Waals surface area (Å²) in [6.07, 6.45) is 2.55. The van der Waals surface area contributed by atoms with Crippen molar-refractivity contribution < 1.29 is 41.8 Å². The number of anilines is 1. The number of thioether (sulfide) groups is 1. The third kappa shape index (κ3) is 9.36. The molecule has 1 aliphatic carbocycles. The fraction of sp³-hybridized carbons (Fsp3) is 0.387. The third-order valence-electron chi connectivity index (χ3n) is 6.65. The number of hydrogen-bond acceptors (Lipinski definition) is 8. The van der Waals surface area contributed by atoms with Crippen molar-refractivity contribution in [2.24, 2.45) is 11.1 Å². The molecule has 8 nitrogen and oxygen atoms in total. The van der Waals surface area contributed by atoms with Crippen molar-refractivity contribution in [3.05, 3.63) is 77.9 Å². The first-order chi connectivity index (χ1) is 20.7. The number of benzene rings is 2. The second-order valence-corrected chi connectivity index (χ2v) is 10.8. The third-order valence-corrected chi connectivity index (χ3v) is 7.69. The van der Waals surface area contributed by atoms with Gasteiger partial charge in [0.05, 0.1) is 30.3 Å². The normalized spacial score (nSPS) is 18.0. The van der Waals surface area contributed by atoms with Gasteiger partial charge in [-0.15, -0.1) is 11.8 Å². The average molecular weight is 619 g/mol. The van der Waals surface area contributed by atoms with Gasteiger partial charge in [-0.3, -0.25) is 4.79 Å². The van der Waals surface area contributed by atoms with Crippen molar-refractivity contribution in [3.63, 3.8) is 0 Å². The van der Waals surface area contributed by atoms with Crippen LogP contribution in [0.25, 0.3) is 0 Å². The Morgan fingerprint density at radius 1 is 1.14 bits per heavy atom. The maximum absolute atomic E-state index is 12.9. The number of hydrogen-bond donors (Lipinski definition) is 0. The minimum absolute atomic E-state index is 0.0143. The monoisotopic (exact) mass is 618 g/mol. The number of alkyl halides is 3. The molecule has 1 heterocycles. The summed E-state index contributed by atoms with van der Waals surface area (Å²) in [5.74, 6) is 0.0379. The fourth-order valence-corrected chi connectivity index (χ4v) is 5.57. The van der Waals surface area contributed by atoms with Crippen LogP contribution in [0.4, 0.5) is 18.9 Å². The maximum Gasteiger partial charge on any atom is 0.411 e. The van der Waals surface area contributed by atoms with Gasteiger partial charge in [0.15, 0.2) is 6.10 Å². The summed E-state index contributed by atoms with van der Waals surface area (Å²) in [6.45, 7) is 0.603. The van der Waals surface area contributed by atoms with E-state index >= 15 is 0 Å². The predicted molar refractivity (Wildman–Crippen MR) is 158 cm³/mol. The Morgan fingerprint density at radius 2 is 1.91 bits per heavy atom. The maximum atomic E-state index is 12.9. The van der Waals surface area contributed by atoms with Crippen LogP contribution in [0.15, 0.2) is 76.8 Å². The van der Waals surface area contributed by atoms with Gasteiger partial charge in [0.2, 0.25) is 5.91 Å². The average Bonchev–Trinajstić information content (AvgIpc) is 2.98. The molecule has 0 N–H and O–H groups in total. The van der Waals surface area contributed by atoms with E-state index in [0.29, 0.717) is 30.0 Å². The highest BCUT2D eigenvalue weighted by Crippen LogP contribution is 2.36. The number of nitrogens with zero attached hydrogens (tertiary/aromatic N) is 2. The van der Waals surface area contributed by atoms with Crippen LogP contribution in [0.1, 0.15) is 18.1 Å². The lowest BCUT2D eigenvalue weighted by atomic mass is 9.91. The molecule has 0 bridgehead atoms. The van der Waals surface area contributed by atoms with Gasteiger partial charge in [0.25, 0.3) is 0 Å². The lowest BCUT2D eigenvalue weighted by molar-refractivity contribution is -0.194. The molecule has 43 heavy (non-hydrogen) atoms. The fourth-order valence-electron chi connectivity index (χ4n) is 4.66. The second-order valence-electron chi connectivity index (χ2n) is 9.75. The van der Waals surface area contributed by atoms with Gasteiger partial charge in [0, 0.05) is 17.2 Å². The first-order valence-corrected chi connectivity index (χ1v) is 14.7. The number of oxime groups is 1. The summed E-state index contributed by atoms with van der Waals surface area (Å²) in [7, 11) is 1.52. The summed E-state index contributed by atoms with van der Waals surface area (Å²) in [5.41, 5.74) is 3.31. The number of esters is 1. The zero-order valence-electron chi connectivity index (χ0n) is 23.8. The van der Waals surface area contributed by atoms with E-state index in [1.807, 2.05) is 30.4 Å². The number of amides is 1. The van der Waals surface area contributed by atoms with Gasteiger partial charge in [0.1, 0.15) is 26.1 Å². The molecule has 0 aromatic heterocycles. The summed E-state index contributed by atoms with van der Waals surface area (Å²) in [6, 6.07) is 12.8. The highest BCUT2D eigenvalue weighted by atomic mass is 32.2. The minimum Gasteiger partial charge on any atom is -0.492 e. The quantitative estimate of drug-likeness (QED) is 0.215. The van der Waals surface area contributed by atoms with Gasteiger partial charge in [-0.05, 0) is 54.8 Å². The zero-order chi connectivity index (χ0) is 30.8. The first kappa shape index (κ1) is 32.2. The van der Waals surface area contributed by atoms with Crippen LogP contribution in [0.2, 0.25) is 0 Å². The number of ether oxygens (including phenoxy) is 3. The van der Waals surface area contributed by atoms with E-state index in [-0.39, 0.29) is 31.5 Å². The zero-order valence-corrected chi connectivity index (χ0v) is 24.7. The molecule has 0 spiro atoms. The van der Waals surface area contributed by atoms with E-state index in [0.717, 1.165) is 21.9 Å². The molecule has 1 amide bonds. The van der Waals surface area contributed by atoms with Crippen LogP contribution < -0.4 is 9.64 Å². The Kier molecular flexibility index (Phi) is 11.3. The number of rotatable bonds is 13. The summed E-state index contributed by atoms with van der Waals surface area (Å²) in [5, 5.41) is 4.12. The van der Waals surface area contributed by atoms with Gasteiger partial charge in [-0.25, -0.2) is 4.79 Å². The van der Waals surface area contributed by atoms with Crippen LogP contribution in [-0.2, 0) is 36.7 Å². The topological polar surface area (TPSA) is 86.7 Å². The molecule has 0 radical (unpaired) electrons. The van der Waals surface area contributed by atoms with Crippen molar-refractivity contribution in [1.82, 2.24) is 0 Å². The Labute approximate surface area is 252 Å². The number of carbonyl (C=O) groups is 2. The second kappa shape index (κ2) is 15.1. The molecular weight excluding hydrogens is 585 g/mol. The van der Waals surface area contributed by atoms with Crippen LogP contribution in [0.3, 0.4) is 0 Å². The van der Waals surface area contributed by atoms with Crippen LogP contribution in [-0.4, -0.2) is 69.1 Å². The molecule has 0 fully saturated rings. The predicted octanol–water partition coefficient (Wildman–Crippen LogP) is 5.54. The van der Waals surface area contributed by atoms with Crippen molar-refractivity contribution in [2.75, 3.05) is 44.1 Å². The van der Waals surface area contributed by atoms with Crippen molar-refractivity contribution in [3.8, 4) is 5.75 Å². The van der Waals surface area contributed by atoms with Crippen LogP contribution in [0.5, 0.6) is 5.75 Å². The van der Waals surface area contributed by atoms with Gasteiger partial charge < -0.3 is 23.9 Å². The van der Waals surface area contributed by atoms with Gasteiger partial charge in [-0.2, -0.15) is 13.2 Å². The molecule has 2 aromatic rings. The molecule has 12 heteroatoms. The van der Waals surface area contributed by atoms with E-state index in [4.69, 9.17) is 19.0 Å². The highest BCUT2D eigenvalue weighted by molar-refractivity contribution is 8.00. The van der Waals surface area contributed by atoms with Crippen molar-refractivity contribution >= 4 is 35.0 Å². The Morgan fingerprint density at radius 3 is 2.63 bits per heavy atom. The summed E-state index contributed by atoms with van der Waals surface area (Å²) in [4.78, 5) is 32.7. The van der Waals surface area contributed by atoms with Gasteiger partial charge >= 0.3 is 12.1 Å². The number of fused-ring (bicyclic) bond motifs is 1. The number of halogens is 3. The standard InChI is InChI=1S/C31H33F3N2O6S/c1-3-40-30(38)27(42-20-31(32,33)34)18-21-8-11-24(12-9-21)41-15-14-36-26-17-22(10-13-28(26)43-19-29(36)37)16-23-6-4-5-7-25(23)35-39-2/h4-13,17,23,27H,3,14-16,18-20H2,1-2H3. The smallest absolute Gasteiger partial charge is 0.411 e. The SMILES string of the molecule is CCOC(=O)C(Cc1ccc(OCCN2C(=O)CSc3ccc(CC4C=CC=CC4=NOC)cc32)cc1)OCC(F)(F)F. The van der Waals surface area contributed by atoms with Gasteiger partial charge in [-0.1, -0.05) is 41.6 Å². The molecule has 4 rings (SSSR count). The highest BCUT2D eigenvalue weighted by Gasteiger charge is 2.32. The van der Waals surface area contributed by atoms with E-state index in [1.165, 1.54) is 18.9 Å². The molecule has 2 unspecified atom stereocenters. The van der Waals surface area contributed by atoms with Crippen molar-refractivity contribution in [1.29, 1.82) is 0 Å². The Hall–Kier alpha value is -3.77. The molecule has 2 aliphatic rings. The lowest BCUT2D eigenvalue weighted by Gasteiger charge is -2.29. The van der Waals surface area contributed by atoms with E-state index in [2.05, 4.69) is 17.3 Å². The molecule has 2 aromatic carbocycles. The van der Waals surface area contributed by atoms with Crippen LogP contribution >= 0.6 is 11.8 Å². The largest absolute Gasteiger partial charge is 0.492 e. The van der Waals surface area contributed by atoms with Crippen LogP contribution in [0, 0.1) is 5.92 Å². The number of carbonyl (C=O) groups excluding carboxylic acids is 2. The molecule has 2 atom stereocenters.